The molecule has 6 atom stereocenters. The maximum absolute atomic E-state index is 14.7. The van der Waals surface area contributed by atoms with Gasteiger partial charge in [-0.05, 0) is 107 Å². The van der Waals surface area contributed by atoms with Crippen molar-refractivity contribution >= 4 is 33.2 Å². The number of hydrogen-bond acceptors (Lipinski definition) is 8. The van der Waals surface area contributed by atoms with Crippen LogP contribution in [0.2, 0.25) is 0 Å². The lowest BCUT2D eigenvalue weighted by Gasteiger charge is -2.59. The summed E-state index contributed by atoms with van der Waals surface area (Å²) in [6, 6.07) is 33.6. The van der Waals surface area contributed by atoms with Crippen molar-refractivity contribution in [2.45, 2.75) is 62.7 Å². The summed E-state index contributed by atoms with van der Waals surface area (Å²) in [4.78, 5) is 22.1. The predicted molar refractivity (Wildman–Crippen MR) is 232 cm³/mol. The zero-order chi connectivity index (χ0) is 40.9. The van der Waals surface area contributed by atoms with Gasteiger partial charge in [-0.25, -0.2) is 0 Å². The Morgan fingerprint density at radius 2 is 1.53 bits per heavy atom. The predicted octanol–water partition coefficient (Wildman–Crippen LogP) is 9.82. The summed E-state index contributed by atoms with van der Waals surface area (Å²) in [5, 5.41) is 28.7. The first-order chi connectivity index (χ1) is 28.9. The van der Waals surface area contributed by atoms with E-state index in [4.69, 9.17) is 19.0 Å². The number of rotatable bonds is 16. The van der Waals surface area contributed by atoms with E-state index in [-0.39, 0.29) is 43.5 Å². The van der Waals surface area contributed by atoms with Crippen LogP contribution in [0.3, 0.4) is 0 Å². The van der Waals surface area contributed by atoms with Gasteiger partial charge in [0.1, 0.15) is 30.4 Å². The third kappa shape index (κ3) is 7.87. The molecule has 0 saturated heterocycles. The molecule has 0 aromatic heterocycles. The number of carbonyl (C=O) groups is 1. The van der Waals surface area contributed by atoms with Gasteiger partial charge in [-0.2, -0.15) is 0 Å². The van der Waals surface area contributed by atoms with Crippen LogP contribution in [0.4, 0.5) is 0 Å². The van der Waals surface area contributed by atoms with Gasteiger partial charge in [0, 0.05) is 43.7 Å². The average Bonchev–Trinajstić information content (AvgIpc) is 3.26. The summed E-state index contributed by atoms with van der Waals surface area (Å²) in [6.45, 7) is 4.46. The van der Waals surface area contributed by atoms with Gasteiger partial charge in [-0.1, -0.05) is 90.8 Å². The van der Waals surface area contributed by atoms with E-state index in [1.165, 1.54) is 0 Å². The van der Waals surface area contributed by atoms with Gasteiger partial charge in [0.05, 0.1) is 18.2 Å². The highest BCUT2D eigenvalue weighted by atomic mass is 16.7. The van der Waals surface area contributed by atoms with Crippen LogP contribution in [0.1, 0.15) is 66.8 Å². The number of likely N-dealkylation sites (N-methyl/N-ethyl adjacent to an activating group) is 1. The number of aliphatic hydroxyl groups excluding tert-OH is 2. The summed E-state index contributed by atoms with van der Waals surface area (Å²) in [6.07, 6.45) is 9.18. The van der Waals surface area contributed by atoms with E-state index in [1.807, 2.05) is 79.8 Å². The van der Waals surface area contributed by atoms with Crippen molar-refractivity contribution in [3.8, 4) is 17.2 Å². The van der Waals surface area contributed by atoms with Crippen molar-refractivity contribution in [2.24, 2.45) is 22.9 Å². The smallest absolute Gasteiger partial charge is 0.254 e. The summed E-state index contributed by atoms with van der Waals surface area (Å²) in [5.41, 5.74) is 3.30. The Morgan fingerprint density at radius 3 is 2.24 bits per heavy atom. The molecule has 1 heterocycles. The molecular weight excluding hydrogens is 741 g/mol. The van der Waals surface area contributed by atoms with Crippen molar-refractivity contribution in [1.29, 1.82) is 0 Å². The molecule has 306 valence electrons. The lowest BCUT2D eigenvalue weighted by molar-refractivity contribution is -0.252. The van der Waals surface area contributed by atoms with Crippen molar-refractivity contribution in [1.82, 2.24) is 4.90 Å². The number of fused-ring (bicyclic) bond motifs is 4. The van der Waals surface area contributed by atoms with Crippen LogP contribution >= 0.6 is 0 Å². The number of unbranched alkanes of at least 4 members (excludes halogenated alkanes) is 2. The molecule has 1 fully saturated rings. The van der Waals surface area contributed by atoms with E-state index in [9.17, 15) is 15.0 Å². The maximum Gasteiger partial charge on any atom is 0.254 e. The first-order valence-electron chi connectivity index (χ1n) is 20.9. The molecule has 59 heavy (non-hydrogen) atoms. The fraction of sp³-hybridized carbons (Fsp3) is 0.360. The number of aliphatic hydroxyl groups is 2. The Labute approximate surface area is 346 Å². The maximum atomic E-state index is 14.7. The monoisotopic (exact) mass is 794 g/mol. The highest BCUT2D eigenvalue weighted by molar-refractivity contribution is 6.04. The van der Waals surface area contributed by atoms with Gasteiger partial charge >= 0.3 is 0 Å². The zero-order valence-corrected chi connectivity index (χ0v) is 34.0. The molecule has 9 heteroatoms. The van der Waals surface area contributed by atoms with Crippen LogP contribution in [-0.2, 0) is 9.57 Å². The van der Waals surface area contributed by atoms with E-state index in [2.05, 4.69) is 48.1 Å². The minimum absolute atomic E-state index is 0.100. The molecule has 5 aromatic carbocycles. The minimum atomic E-state index is -1.34. The number of hydrogen-bond donors (Lipinski definition) is 2. The Hall–Kier alpha value is -5.48. The van der Waals surface area contributed by atoms with Crippen LogP contribution in [0.5, 0.6) is 17.2 Å². The molecule has 0 spiro atoms. The van der Waals surface area contributed by atoms with Gasteiger partial charge in [-0.15, -0.1) is 6.58 Å². The third-order valence-electron chi connectivity index (χ3n) is 12.6. The van der Waals surface area contributed by atoms with Crippen LogP contribution in [0, 0.1) is 17.8 Å². The fourth-order valence-corrected chi connectivity index (χ4v) is 9.94. The molecule has 3 aliphatic rings. The van der Waals surface area contributed by atoms with E-state index < -0.39 is 17.7 Å². The van der Waals surface area contributed by atoms with Gasteiger partial charge in [0.2, 0.25) is 5.79 Å². The van der Waals surface area contributed by atoms with Crippen molar-refractivity contribution < 1.29 is 34.1 Å². The van der Waals surface area contributed by atoms with E-state index in [0.717, 1.165) is 69.8 Å². The second-order valence-electron chi connectivity index (χ2n) is 16.0. The number of nitrogens with zero attached hydrogens (tertiary/aromatic N) is 2. The van der Waals surface area contributed by atoms with Crippen LogP contribution in [0.25, 0.3) is 21.5 Å². The van der Waals surface area contributed by atoms with Crippen LogP contribution < -0.4 is 9.47 Å². The Balaban J connectivity index is 1.29. The molecule has 0 bridgehead atoms. The normalized spacial score (nSPS) is 23.8. The van der Waals surface area contributed by atoms with Gasteiger partial charge in [-0.3, -0.25) is 4.79 Å². The number of oxime groups is 1. The molecule has 2 aliphatic carbocycles. The molecule has 2 N–H and O–H groups in total. The third-order valence-corrected chi connectivity index (χ3v) is 12.6. The summed E-state index contributed by atoms with van der Waals surface area (Å²) >= 11 is 0. The van der Waals surface area contributed by atoms with E-state index in [0.29, 0.717) is 36.3 Å². The largest absolute Gasteiger partial charge is 0.459 e. The first kappa shape index (κ1) is 40.3. The molecule has 8 rings (SSSR count). The SMILES string of the molecule is C=CCO[C@@]12Oc3ccc(Oc4ccc5ccccc5c4)cc3[C@H]3[C@H](CCCCO)[C@@H](CCCCO)C=C(C(=NOC)C[C@@H]1N(C)C(=O)c1ccc4ccccc4c1)[C@H]32. The Bertz CT molecular complexity index is 2370. The van der Waals surface area contributed by atoms with Crippen molar-refractivity contribution in [3.05, 3.63) is 139 Å². The van der Waals surface area contributed by atoms with Crippen molar-refractivity contribution in [2.75, 3.05) is 34.0 Å². The number of allylic oxidation sites excluding steroid dienone is 1. The zero-order valence-electron chi connectivity index (χ0n) is 34.0. The summed E-state index contributed by atoms with van der Waals surface area (Å²) in [7, 11) is 3.39. The molecule has 1 aliphatic heterocycles. The topological polar surface area (TPSA) is 110 Å². The second kappa shape index (κ2) is 17.8. The van der Waals surface area contributed by atoms with Gasteiger partial charge in [0.15, 0.2) is 0 Å². The van der Waals surface area contributed by atoms with Gasteiger partial charge in [0.25, 0.3) is 5.91 Å². The molecule has 1 saturated carbocycles. The first-order valence-corrected chi connectivity index (χ1v) is 20.9. The molecule has 0 radical (unpaired) electrons. The summed E-state index contributed by atoms with van der Waals surface area (Å²) < 4.78 is 21.0. The fourth-order valence-electron chi connectivity index (χ4n) is 9.94. The standard InChI is InChI=1S/C50H54N2O7/c1-4-27-57-50-46(52(2)49(55)38-20-19-33-13-5-7-15-35(33)28-38)32-44(51-56-3)42-30-37(17-9-11-25-53)41(18-10-12-26-54)47(48(42)50)43-31-40(23-24-45(43)59-50)58-39-22-21-34-14-6-8-16-36(34)29-39/h4-8,13-16,19-24,28-31,37,41,46-48,53-54H,1,9-12,17-18,25-27,32H2,2-3H3/t37-,41+,46-,47+,48+,50+/m0/s1. The Morgan fingerprint density at radius 1 is 0.864 bits per heavy atom. The minimum Gasteiger partial charge on any atom is -0.459 e. The number of amides is 1. The molecule has 1 amide bonds. The number of carbonyl (C=O) groups excluding carboxylic acids is 1. The van der Waals surface area contributed by atoms with E-state index in [1.54, 1.807) is 18.1 Å². The van der Waals surface area contributed by atoms with Crippen LogP contribution in [-0.4, -0.2) is 72.5 Å². The van der Waals surface area contributed by atoms with Crippen molar-refractivity contribution in [3.63, 3.8) is 0 Å². The molecular formula is C50H54N2O7. The lowest BCUT2D eigenvalue weighted by atomic mass is 9.55. The highest BCUT2D eigenvalue weighted by Gasteiger charge is 2.65. The quantitative estimate of drug-likeness (QED) is 0.0582. The molecule has 5 aromatic rings. The second-order valence-corrected chi connectivity index (χ2v) is 16.0. The van der Waals surface area contributed by atoms with E-state index >= 15 is 0 Å². The molecule has 0 unspecified atom stereocenters. The number of ether oxygens (including phenoxy) is 3. The average molecular weight is 795 g/mol. The lowest BCUT2D eigenvalue weighted by Crippen LogP contribution is -2.69. The highest BCUT2D eigenvalue weighted by Crippen LogP contribution is 2.62. The summed E-state index contributed by atoms with van der Waals surface area (Å²) in [5.74, 6) is 0.262. The number of benzene rings is 5. The Kier molecular flexibility index (Phi) is 12.2. The van der Waals surface area contributed by atoms with Gasteiger partial charge < -0.3 is 34.2 Å². The van der Waals surface area contributed by atoms with Crippen LogP contribution in [0.15, 0.2) is 133 Å². The molecule has 9 nitrogen and oxygen atoms in total.